The molecule has 0 saturated heterocycles. The van der Waals surface area contributed by atoms with Crippen LogP contribution in [0, 0.1) is 0 Å². The molecule has 1 aromatic rings. The van der Waals surface area contributed by atoms with Crippen LogP contribution in [0.2, 0.25) is 0 Å². The highest BCUT2D eigenvalue weighted by Crippen LogP contribution is 2.30. The van der Waals surface area contributed by atoms with E-state index >= 15 is 0 Å². The molecule has 0 aliphatic carbocycles. The van der Waals surface area contributed by atoms with Crippen molar-refractivity contribution in [3.05, 3.63) is 48.1 Å². The van der Waals surface area contributed by atoms with Gasteiger partial charge in [0, 0.05) is 23.9 Å². The van der Waals surface area contributed by atoms with Crippen LogP contribution < -0.4 is 9.80 Å². The van der Waals surface area contributed by atoms with E-state index in [1.54, 1.807) is 0 Å². The molecule has 2 heterocycles. The Labute approximate surface area is 129 Å². The van der Waals surface area contributed by atoms with Gasteiger partial charge < -0.3 is 10.2 Å². The maximum Gasteiger partial charge on any atom is 0.335 e. The summed E-state index contributed by atoms with van der Waals surface area (Å²) < 4.78 is 0. The van der Waals surface area contributed by atoms with Crippen molar-refractivity contribution >= 4 is 35.1 Å². The average molecular weight is 314 g/mol. The summed E-state index contributed by atoms with van der Waals surface area (Å²) in [6.07, 6.45) is 3.26. The lowest BCUT2D eigenvalue weighted by Crippen LogP contribution is -2.34. The fraction of sp³-hybridized carbons (Fsp3) is 0.0667. The first-order valence-corrected chi connectivity index (χ1v) is 6.52. The molecule has 3 amide bonds. The number of anilines is 2. The molecular formula is C15H10N2O6. The number of hydrogen-bond acceptors (Lipinski definition) is 5. The number of amides is 3. The van der Waals surface area contributed by atoms with E-state index in [2.05, 4.69) is 0 Å². The number of rotatable bonds is 3. The molecule has 2 aliphatic heterocycles. The number of nitrogens with zero attached hydrogens (tertiary/aromatic N) is 2. The Morgan fingerprint density at radius 3 is 2.04 bits per heavy atom. The molecule has 0 saturated carbocycles. The smallest absolute Gasteiger partial charge is 0.335 e. The van der Waals surface area contributed by atoms with Crippen LogP contribution in [0.4, 0.5) is 11.4 Å². The van der Waals surface area contributed by atoms with Gasteiger partial charge in [-0.15, -0.1) is 0 Å². The van der Waals surface area contributed by atoms with E-state index in [1.165, 1.54) is 18.2 Å². The largest absolute Gasteiger partial charge is 0.478 e. The van der Waals surface area contributed by atoms with Gasteiger partial charge in [0.1, 0.15) is 0 Å². The molecule has 0 fully saturated rings. The summed E-state index contributed by atoms with van der Waals surface area (Å²) in [5.74, 6) is -3.07. The van der Waals surface area contributed by atoms with E-state index < -0.39 is 29.9 Å². The van der Waals surface area contributed by atoms with Crippen molar-refractivity contribution in [2.24, 2.45) is 0 Å². The molecule has 116 valence electrons. The number of carboxylic acid groups (broad SMARTS) is 1. The van der Waals surface area contributed by atoms with E-state index in [0.717, 1.165) is 34.1 Å². The lowest BCUT2D eigenvalue weighted by molar-refractivity contribution is -0.120. The van der Waals surface area contributed by atoms with Crippen molar-refractivity contribution in [2.45, 2.75) is 6.23 Å². The highest BCUT2D eigenvalue weighted by atomic mass is 16.4. The first-order valence-electron chi connectivity index (χ1n) is 6.52. The summed E-state index contributed by atoms with van der Waals surface area (Å²) in [4.78, 5) is 48.3. The Bertz CT molecular complexity index is 792. The fourth-order valence-electron chi connectivity index (χ4n) is 2.39. The van der Waals surface area contributed by atoms with Crippen LogP contribution in [0.3, 0.4) is 0 Å². The highest BCUT2D eigenvalue weighted by molar-refractivity contribution is 6.28. The molecule has 0 bridgehead atoms. The Balaban J connectivity index is 2.11. The molecule has 8 heteroatoms. The van der Waals surface area contributed by atoms with Crippen LogP contribution in [0.5, 0.6) is 0 Å². The second-order valence-corrected chi connectivity index (χ2v) is 4.87. The van der Waals surface area contributed by atoms with Gasteiger partial charge in [-0.2, -0.15) is 0 Å². The molecule has 2 aliphatic rings. The third-order valence-electron chi connectivity index (χ3n) is 3.41. The van der Waals surface area contributed by atoms with Crippen LogP contribution in [0.15, 0.2) is 42.5 Å². The molecule has 0 spiro atoms. The summed E-state index contributed by atoms with van der Waals surface area (Å²) >= 11 is 0. The summed E-state index contributed by atoms with van der Waals surface area (Å²) in [6, 6.07) is 3.62. The molecule has 2 N–H and O–H groups in total. The van der Waals surface area contributed by atoms with E-state index in [0.29, 0.717) is 0 Å². The fourth-order valence-corrected chi connectivity index (χ4v) is 2.39. The van der Waals surface area contributed by atoms with Crippen molar-refractivity contribution in [1.29, 1.82) is 0 Å². The number of aliphatic hydroxyl groups is 1. The minimum atomic E-state index is -1.30. The zero-order valence-electron chi connectivity index (χ0n) is 11.5. The minimum absolute atomic E-state index is 0.00630. The van der Waals surface area contributed by atoms with Gasteiger partial charge in [-0.3, -0.25) is 19.3 Å². The van der Waals surface area contributed by atoms with Gasteiger partial charge in [-0.1, -0.05) is 0 Å². The number of carbonyl (C=O) groups excluding carboxylic acids is 3. The Morgan fingerprint density at radius 2 is 1.52 bits per heavy atom. The second kappa shape index (κ2) is 5.18. The predicted octanol–water partition coefficient (Wildman–Crippen LogP) is 0.0354. The van der Waals surface area contributed by atoms with Crippen molar-refractivity contribution in [2.75, 3.05) is 9.80 Å². The number of imide groups is 1. The third kappa shape index (κ3) is 2.40. The normalized spacial score (nSPS) is 20.0. The summed E-state index contributed by atoms with van der Waals surface area (Å²) in [5, 5.41) is 19.0. The number of carboxylic acids is 1. The van der Waals surface area contributed by atoms with E-state index in [4.69, 9.17) is 0 Å². The Morgan fingerprint density at radius 1 is 0.913 bits per heavy atom. The molecule has 0 radical (unpaired) electrons. The lowest BCUT2D eigenvalue weighted by atomic mass is 10.1. The van der Waals surface area contributed by atoms with Crippen LogP contribution in [0.1, 0.15) is 10.4 Å². The summed E-state index contributed by atoms with van der Waals surface area (Å²) in [6.45, 7) is 0. The highest BCUT2D eigenvalue weighted by Gasteiger charge is 2.30. The lowest BCUT2D eigenvalue weighted by Gasteiger charge is -2.23. The maximum atomic E-state index is 11.8. The molecule has 23 heavy (non-hydrogen) atoms. The molecular weight excluding hydrogens is 304 g/mol. The quantitative estimate of drug-likeness (QED) is 0.761. The molecule has 3 rings (SSSR count). The number of aliphatic hydroxyl groups excluding tert-OH is 1. The first-order chi connectivity index (χ1) is 10.9. The molecule has 1 unspecified atom stereocenters. The van der Waals surface area contributed by atoms with Crippen molar-refractivity contribution in [3.8, 4) is 0 Å². The van der Waals surface area contributed by atoms with Gasteiger partial charge in [0.2, 0.25) is 0 Å². The summed E-state index contributed by atoms with van der Waals surface area (Å²) in [5.41, 5.74) is -0.154. The van der Waals surface area contributed by atoms with Gasteiger partial charge >= 0.3 is 5.97 Å². The van der Waals surface area contributed by atoms with Crippen LogP contribution >= 0.6 is 0 Å². The monoisotopic (exact) mass is 314 g/mol. The van der Waals surface area contributed by atoms with Gasteiger partial charge in [-0.25, -0.2) is 9.69 Å². The SMILES string of the molecule is O=C(O)c1cc(N2C(=O)C=CC2=O)cc(N2C(=O)C=CC2O)c1. The van der Waals surface area contributed by atoms with Crippen LogP contribution in [-0.4, -0.2) is 40.1 Å². The van der Waals surface area contributed by atoms with Gasteiger partial charge in [0.25, 0.3) is 17.7 Å². The number of hydrogen-bond donors (Lipinski definition) is 2. The van der Waals surface area contributed by atoms with Gasteiger partial charge in [0.05, 0.1) is 11.3 Å². The summed E-state index contributed by atoms with van der Waals surface area (Å²) in [7, 11) is 0. The Kier molecular flexibility index (Phi) is 3.30. The zero-order chi connectivity index (χ0) is 16.7. The molecule has 0 aromatic heterocycles. The second-order valence-electron chi connectivity index (χ2n) is 4.87. The van der Waals surface area contributed by atoms with E-state index in [1.807, 2.05) is 0 Å². The van der Waals surface area contributed by atoms with Crippen molar-refractivity contribution in [3.63, 3.8) is 0 Å². The zero-order valence-corrected chi connectivity index (χ0v) is 11.5. The van der Waals surface area contributed by atoms with Crippen LogP contribution in [-0.2, 0) is 14.4 Å². The minimum Gasteiger partial charge on any atom is -0.478 e. The van der Waals surface area contributed by atoms with Gasteiger partial charge in [-0.05, 0) is 24.3 Å². The van der Waals surface area contributed by atoms with Crippen molar-refractivity contribution < 1.29 is 29.4 Å². The molecule has 8 nitrogen and oxygen atoms in total. The number of aromatic carboxylic acids is 1. The topological polar surface area (TPSA) is 115 Å². The third-order valence-corrected chi connectivity index (χ3v) is 3.41. The van der Waals surface area contributed by atoms with E-state index in [9.17, 15) is 29.4 Å². The van der Waals surface area contributed by atoms with Gasteiger partial charge in [0.15, 0.2) is 6.23 Å². The molecule has 1 atom stereocenters. The predicted molar refractivity (Wildman–Crippen MR) is 77.7 cm³/mol. The molecule has 1 aromatic carbocycles. The first kappa shape index (κ1) is 14.7. The Hall–Kier alpha value is -3.26. The number of carbonyl (C=O) groups is 4. The average Bonchev–Trinajstić information content (AvgIpc) is 3.01. The van der Waals surface area contributed by atoms with Crippen LogP contribution in [0.25, 0.3) is 0 Å². The van der Waals surface area contributed by atoms with E-state index in [-0.39, 0.29) is 16.9 Å². The number of benzene rings is 1. The standard InChI is InChI=1S/C15H10N2O6/c18-11-1-2-12(19)16(11)9-5-8(15(22)23)6-10(7-9)17-13(20)3-4-14(17)21/h1-7,11,18H,(H,22,23). The van der Waals surface area contributed by atoms with Crippen molar-refractivity contribution in [1.82, 2.24) is 0 Å². The maximum absolute atomic E-state index is 11.8.